The maximum absolute atomic E-state index is 12.6. The van der Waals surface area contributed by atoms with Gasteiger partial charge in [-0.15, -0.1) is 11.3 Å². The molecule has 1 N–H and O–H groups in total. The van der Waals surface area contributed by atoms with Crippen molar-refractivity contribution < 1.29 is 22.4 Å². The van der Waals surface area contributed by atoms with Gasteiger partial charge in [-0.1, -0.05) is 5.16 Å². The molecule has 0 saturated carbocycles. The highest BCUT2D eigenvalue weighted by Crippen LogP contribution is 2.37. The van der Waals surface area contributed by atoms with E-state index in [1.807, 2.05) is 13.8 Å². The number of aryl methyl sites for hydroxylation is 1. The van der Waals surface area contributed by atoms with Crippen LogP contribution in [-0.2, 0) is 10.0 Å². The number of benzene rings is 1. The molecular weight excluding hydrogens is 364 g/mol. The largest absolute Gasteiger partial charge is 0.454 e. The number of rotatable bonds is 4. The zero-order valence-electron chi connectivity index (χ0n) is 13.4. The first kappa shape index (κ1) is 16.0. The van der Waals surface area contributed by atoms with Crippen molar-refractivity contribution in [2.45, 2.75) is 18.1 Å². The van der Waals surface area contributed by atoms with Gasteiger partial charge in [-0.3, -0.25) is 4.72 Å². The summed E-state index contributed by atoms with van der Waals surface area (Å²) in [6.45, 7) is 3.87. The summed E-state index contributed by atoms with van der Waals surface area (Å²) in [6.07, 6.45) is 0. The molecule has 130 valence electrons. The van der Waals surface area contributed by atoms with Crippen LogP contribution in [-0.4, -0.2) is 20.4 Å². The predicted molar refractivity (Wildman–Crippen MR) is 92.7 cm³/mol. The molecule has 25 heavy (non-hydrogen) atoms. The summed E-state index contributed by atoms with van der Waals surface area (Å²) in [4.78, 5) is 0.712. The van der Waals surface area contributed by atoms with Gasteiger partial charge in [-0.05, 0) is 38.1 Å². The van der Waals surface area contributed by atoms with Crippen LogP contribution < -0.4 is 14.2 Å². The summed E-state index contributed by atoms with van der Waals surface area (Å²) in [5, 5.41) is 3.91. The molecule has 1 aliphatic heterocycles. The molecule has 0 unspecified atom stereocenters. The number of nitrogens with one attached hydrogen (secondary N) is 1. The number of fused-ring (bicyclic) bond motifs is 1. The molecular formula is C16H14N2O5S2. The topological polar surface area (TPSA) is 90.7 Å². The number of hydrogen-bond donors (Lipinski definition) is 1. The van der Waals surface area contributed by atoms with Gasteiger partial charge in [0.25, 0.3) is 10.0 Å². The molecule has 0 atom stereocenters. The molecule has 0 aliphatic carbocycles. The van der Waals surface area contributed by atoms with E-state index in [1.54, 1.807) is 30.3 Å². The maximum Gasteiger partial charge on any atom is 0.271 e. The number of nitrogens with zero attached hydrogens (tertiary/aromatic N) is 1. The van der Waals surface area contributed by atoms with Crippen molar-refractivity contribution in [2.24, 2.45) is 0 Å². The Morgan fingerprint density at radius 3 is 2.68 bits per heavy atom. The van der Waals surface area contributed by atoms with Crippen molar-refractivity contribution in [3.05, 3.63) is 41.6 Å². The summed E-state index contributed by atoms with van der Waals surface area (Å²) in [7, 11) is -3.71. The molecule has 0 radical (unpaired) electrons. The van der Waals surface area contributed by atoms with Gasteiger partial charge < -0.3 is 14.0 Å². The number of anilines is 1. The fourth-order valence-electron chi connectivity index (χ4n) is 2.40. The van der Waals surface area contributed by atoms with Gasteiger partial charge in [0, 0.05) is 11.6 Å². The minimum Gasteiger partial charge on any atom is -0.454 e. The van der Waals surface area contributed by atoms with Gasteiger partial charge in [0.15, 0.2) is 17.3 Å². The van der Waals surface area contributed by atoms with Crippen molar-refractivity contribution in [3.8, 4) is 22.1 Å². The first-order valence-corrected chi connectivity index (χ1v) is 9.69. The zero-order valence-corrected chi connectivity index (χ0v) is 15.0. The van der Waals surface area contributed by atoms with E-state index in [0.29, 0.717) is 27.8 Å². The van der Waals surface area contributed by atoms with E-state index in [2.05, 4.69) is 9.88 Å². The molecule has 3 heterocycles. The van der Waals surface area contributed by atoms with Crippen LogP contribution in [0.15, 0.2) is 39.1 Å². The summed E-state index contributed by atoms with van der Waals surface area (Å²) >= 11 is 1.12. The second-order valence-corrected chi connectivity index (χ2v) is 8.51. The van der Waals surface area contributed by atoms with Crippen LogP contribution >= 0.6 is 11.3 Å². The molecule has 1 aliphatic rings. The van der Waals surface area contributed by atoms with E-state index in [9.17, 15) is 8.42 Å². The molecule has 7 nitrogen and oxygen atoms in total. The number of hydrogen-bond acceptors (Lipinski definition) is 7. The first-order valence-electron chi connectivity index (χ1n) is 7.39. The van der Waals surface area contributed by atoms with E-state index >= 15 is 0 Å². The maximum atomic E-state index is 12.6. The number of aromatic nitrogens is 1. The van der Waals surface area contributed by atoms with Crippen LogP contribution in [0.2, 0.25) is 0 Å². The summed E-state index contributed by atoms with van der Waals surface area (Å²) in [5.41, 5.74) is 2.09. The number of thiophene rings is 1. The van der Waals surface area contributed by atoms with Crippen LogP contribution in [0.4, 0.5) is 5.69 Å². The Morgan fingerprint density at radius 1 is 1.12 bits per heavy atom. The van der Waals surface area contributed by atoms with Crippen molar-refractivity contribution in [1.82, 2.24) is 5.16 Å². The molecule has 3 aromatic rings. The minimum atomic E-state index is -3.71. The normalized spacial score (nSPS) is 13.2. The molecule has 0 bridgehead atoms. The van der Waals surface area contributed by atoms with E-state index in [4.69, 9.17) is 14.0 Å². The van der Waals surface area contributed by atoms with E-state index < -0.39 is 10.0 Å². The fraction of sp³-hybridized carbons (Fsp3) is 0.188. The Morgan fingerprint density at radius 2 is 1.92 bits per heavy atom. The standard InChI is InChI=1S/C16H14N2O5S2/c1-9-10(2)17-23-16(9)14-5-6-15(24-14)25(19,20)18-11-3-4-12-13(7-11)22-8-21-12/h3-7,18H,8H2,1-2H3. The molecule has 9 heteroatoms. The van der Waals surface area contributed by atoms with Crippen molar-refractivity contribution >= 4 is 27.0 Å². The lowest BCUT2D eigenvalue weighted by Gasteiger charge is -2.06. The predicted octanol–water partition coefficient (Wildman–Crippen LogP) is 3.55. The third kappa shape index (κ3) is 2.85. The molecule has 2 aromatic heterocycles. The molecule has 0 fully saturated rings. The van der Waals surface area contributed by atoms with Crippen LogP contribution in [0.5, 0.6) is 11.5 Å². The first-order chi connectivity index (χ1) is 11.9. The average molecular weight is 378 g/mol. The summed E-state index contributed by atoms with van der Waals surface area (Å²) in [6, 6.07) is 8.15. The second-order valence-electron chi connectivity index (χ2n) is 5.51. The number of ether oxygens (including phenoxy) is 2. The molecule has 0 saturated heterocycles. The SMILES string of the molecule is Cc1noc(-c2ccc(S(=O)(=O)Nc3ccc4c(c3)OCO4)s2)c1C. The second kappa shape index (κ2) is 5.78. The molecule has 0 amide bonds. The van der Waals surface area contributed by atoms with Crippen LogP contribution in [0, 0.1) is 13.8 Å². The third-order valence-electron chi connectivity index (χ3n) is 3.85. The summed E-state index contributed by atoms with van der Waals surface area (Å²) in [5.74, 6) is 1.70. The lowest BCUT2D eigenvalue weighted by Crippen LogP contribution is -2.11. The minimum absolute atomic E-state index is 0.135. The quantitative estimate of drug-likeness (QED) is 0.747. The summed E-state index contributed by atoms with van der Waals surface area (Å²) < 4.78 is 43.7. The number of sulfonamides is 1. The highest BCUT2D eigenvalue weighted by Gasteiger charge is 2.21. The Bertz CT molecular complexity index is 1050. The Hall–Kier alpha value is -2.52. The monoisotopic (exact) mass is 378 g/mol. The van der Waals surface area contributed by atoms with Gasteiger partial charge in [-0.2, -0.15) is 0 Å². The van der Waals surface area contributed by atoms with E-state index in [1.165, 1.54) is 0 Å². The van der Waals surface area contributed by atoms with Gasteiger partial charge in [-0.25, -0.2) is 8.42 Å². The van der Waals surface area contributed by atoms with Gasteiger partial charge in [0.2, 0.25) is 6.79 Å². The lowest BCUT2D eigenvalue weighted by atomic mass is 10.2. The van der Waals surface area contributed by atoms with Gasteiger partial charge >= 0.3 is 0 Å². The van der Waals surface area contributed by atoms with Crippen LogP contribution in [0.3, 0.4) is 0 Å². The third-order valence-corrected chi connectivity index (χ3v) is 6.81. The zero-order chi connectivity index (χ0) is 17.6. The van der Waals surface area contributed by atoms with Gasteiger partial charge in [0.1, 0.15) is 4.21 Å². The average Bonchev–Trinajstić information content (AvgIpc) is 3.28. The smallest absolute Gasteiger partial charge is 0.271 e. The van der Waals surface area contributed by atoms with E-state index in [-0.39, 0.29) is 11.0 Å². The Kier molecular flexibility index (Phi) is 3.69. The molecule has 1 aromatic carbocycles. The van der Waals surface area contributed by atoms with Gasteiger partial charge in [0.05, 0.1) is 16.3 Å². The highest BCUT2D eigenvalue weighted by molar-refractivity contribution is 7.94. The van der Waals surface area contributed by atoms with Crippen molar-refractivity contribution in [2.75, 3.05) is 11.5 Å². The molecule has 4 rings (SSSR count). The van der Waals surface area contributed by atoms with Crippen molar-refractivity contribution in [1.29, 1.82) is 0 Å². The Labute approximate surface area is 148 Å². The van der Waals surface area contributed by atoms with Crippen LogP contribution in [0.25, 0.3) is 10.6 Å². The van der Waals surface area contributed by atoms with Crippen molar-refractivity contribution in [3.63, 3.8) is 0 Å². The Balaban J connectivity index is 1.62. The fourth-order valence-corrected chi connectivity index (χ4v) is 4.79. The van der Waals surface area contributed by atoms with E-state index in [0.717, 1.165) is 22.6 Å². The lowest BCUT2D eigenvalue weighted by molar-refractivity contribution is 0.174. The van der Waals surface area contributed by atoms with Crippen LogP contribution in [0.1, 0.15) is 11.3 Å². The highest BCUT2D eigenvalue weighted by atomic mass is 32.2. The molecule has 0 spiro atoms.